The molecule has 0 nitrogen and oxygen atoms in total. The first-order valence-corrected chi connectivity index (χ1v) is 9.01. The molecule has 0 spiro atoms. The Balaban J connectivity index is 2.03. The van der Waals surface area contributed by atoms with Crippen molar-refractivity contribution in [2.45, 2.75) is 65.7 Å². The predicted octanol–water partition coefficient (Wildman–Crippen LogP) is 7.10. The first-order chi connectivity index (χ1) is 11.5. The monoisotopic (exact) mass is 336 g/mol. The lowest BCUT2D eigenvalue weighted by Gasteiger charge is -2.11. The third kappa shape index (κ3) is 4.31. The molecule has 0 heterocycles. The number of halogens is 3. The molecule has 2 rings (SSSR count). The second-order valence-corrected chi connectivity index (χ2v) is 6.95. The largest absolute Gasteiger partial charge is 0.206 e. The van der Waals surface area contributed by atoms with E-state index in [0.29, 0.717) is 22.9 Å². The minimum absolute atomic E-state index is 0.232. The van der Waals surface area contributed by atoms with Crippen molar-refractivity contribution in [2.24, 2.45) is 5.92 Å². The second kappa shape index (κ2) is 8.55. The zero-order chi connectivity index (χ0) is 17.7. The van der Waals surface area contributed by atoms with Gasteiger partial charge in [0.1, 0.15) is 5.82 Å². The lowest BCUT2D eigenvalue weighted by Crippen LogP contribution is -2.00. The lowest BCUT2D eigenvalue weighted by atomic mass is 9.96. The normalized spacial score (nSPS) is 12.8. The van der Waals surface area contributed by atoms with Crippen LogP contribution in [0.4, 0.5) is 13.2 Å². The van der Waals surface area contributed by atoms with Gasteiger partial charge < -0.3 is 0 Å². The molecular formula is C21H27F3. The molecule has 0 radical (unpaired) electrons. The highest BCUT2D eigenvalue weighted by atomic mass is 19.2. The molecule has 0 fully saturated rings. The van der Waals surface area contributed by atoms with Crippen LogP contribution >= 0.6 is 0 Å². The molecule has 1 atom stereocenters. The van der Waals surface area contributed by atoms with Crippen molar-refractivity contribution in [2.75, 3.05) is 0 Å². The molecule has 0 aliphatic heterocycles. The highest BCUT2D eigenvalue weighted by Crippen LogP contribution is 2.28. The van der Waals surface area contributed by atoms with Gasteiger partial charge in [-0.2, -0.15) is 0 Å². The Labute approximate surface area is 143 Å². The van der Waals surface area contributed by atoms with Gasteiger partial charge in [-0.25, -0.2) is 13.2 Å². The first kappa shape index (κ1) is 18.8. The van der Waals surface area contributed by atoms with E-state index in [9.17, 15) is 13.2 Å². The zero-order valence-electron chi connectivity index (χ0n) is 14.9. The minimum Gasteiger partial charge on any atom is -0.206 e. The molecule has 0 amide bonds. The fourth-order valence-electron chi connectivity index (χ4n) is 3.34. The summed E-state index contributed by atoms with van der Waals surface area (Å²) in [5.74, 6) is -1.89. The number of fused-ring (bicyclic) bond motifs is 1. The van der Waals surface area contributed by atoms with E-state index in [4.69, 9.17) is 0 Å². The Kier molecular flexibility index (Phi) is 6.70. The number of unbranched alkanes of at least 4 members (excludes halogenated alkanes) is 2. The van der Waals surface area contributed by atoms with Crippen LogP contribution in [-0.4, -0.2) is 0 Å². The Hall–Kier alpha value is -1.51. The van der Waals surface area contributed by atoms with E-state index >= 15 is 0 Å². The van der Waals surface area contributed by atoms with Crippen LogP contribution in [0.2, 0.25) is 0 Å². The standard InChI is InChI=1S/C21H27F3/c1-4-8-14(2)9-6-5-7-10-17-13-16-12-11-15(3)19(22)18(16)21(24)20(17)23/h11-14H,4-10H2,1-3H3. The van der Waals surface area contributed by atoms with Crippen molar-refractivity contribution < 1.29 is 13.2 Å². The fraction of sp³-hybridized carbons (Fsp3) is 0.524. The van der Waals surface area contributed by atoms with Crippen LogP contribution in [0.25, 0.3) is 10.8 Å². The molecule has 3 heteroatoms. The van der Waals surface area contributed by atoms with Crippen LogP contribution in [0.3, 0.4) is 0 Å². The van der Waals surface area contributed by atoms with Gasteiger partial charge in [-0.3, -0.25) is 0 Å². The molecule has 0 bridgehead atoms. The van der Waals surface area contributed by atoms with E-state index in [1.807, 2.05) is 0 Å². The molecule has 2 aromatic carbocycles. The van der Waals surface area contributed by atoms with Crippen molar-refractivity contribution >= 4 is 10.8 Å². The van der Waals surface area contributed by atoms with E-state index in [2.05, 4.69) is 13.8 Å². The first-order valence-electron chi connectivity index (χ1n) is 9.01. The van der Waals surface area contributed by atoms with Crippen LogP contribution in [-0.2, 0) is 6.42 Å². The summed E-state index contributed by atoms with van der Waals surface area (Å²) < 4.78 is 42.5. The molecule has 0 aromatic heterocycles. The third-order valence-electron chi connectivity index (χ3n) is 4.82. The average Bonchev–Trinajstić information content (AvgIpc) is 2.55. The maximum Gasteiger partial charge on any atom is 0.169 e. The van der Waals surface area contributed by atoms with E-state index in [1.54, 1.807) is 25.1 Å². The molecule has 2 aromatic rings. The van der Waals surface area contributed by atoms with Gasteiger partial charge in [0.25, 0.3) is 0 Å². The van der Waals surface area contributed by atoms with Crippen molar-refractivity contribution in [1.29, 1.82) is 0 Å². The SMILES string of the molecule is CCCC(C)CCCCCc1cc2ccc(C)c(F)c2c(F)c1F. The summed E-state index contributed by atoms with van der Waals surface area (Å²) in [5, 5.41) is 0.202. The minimum atomic E-state index is -1.06. The molecule has 0 saturated heterocycles. The van der Waals surface area contributed by atoms with Crippen LogP contribution in [0.15, 0.2) is 18.2 Å². The van der Waals surface area contributed by atoms with E-state index in [0.717, 1.165) is 25.2 Å². The quantitative estimate of drug-likeness (QED) is 0.451. The summed E-state index contributed by atoms with van der Waals surface area (Å²) in [6, 6.07) is 4.86. The summed E-state index contributed by atoms with van der Waals surface area (Å²) in [6.45, 7) is 6.01. The molecular weight excluding hydrogens is 309 g/mol. The maximum atomic E-state index is 14.3. The molecule has 1 unspecified atom stereocenters. The molecule has 0 aliphatic rings. The summed E-state index contributed by atoms with van der Waals surface area (Å²) in [6.07, 6.45) is 7.09. The highest BCUT2D eigenvalue weighted by molar-refractivity contribution is 5.85. The van der Waals surface area contributed by atoms with E-state index in [-0.39, 0.29) is 5.39 Å². The molecule has 0 N–H and O–H groups in total. The molecule has 132 valence electrons. The molecule has 0 aliphatic carbocycles. The van der Waals surface area contributed by atoms with E-state index < -0.39 is 17.5 Å². The predicted molar refractivity (Wildman–Crippen MR) is 94.8 cm³/mol. The van der Waals surface area contributed by atoms with Crippen molar-refractivity contribution in [3.8, 4) is 0 Å². The van der Waals surface area contributed by atoms with Gasteiger partial charge in [0.15, 0.2) is 11.6 Å². The van der Waals surface area contributed by atoms with Crippen LogP contribution < -0.4 is 0 Å². The highest BCUT2D eigenvalue weighted by Gasteiger charge is 2.17. The van der Waals surface area contributed by atoms with Crippen LogP contribution in [0.1, 0.15) is 63.5 Å². The van der Waals surface area contributed by atoms with Crippen LogP contribution in [0, 0.1) is 30.3 Å². The third-order valence-corrected chi connectivity index (χ3v) is 4.82. The second-order valence-electron chi connectivity index (χ2n) is 6.95. The lowest BCUT2D eigenvalue weighted by molar-refractivity contribution is 0.454. The number of aryl methyl sites for hydroxylation is 2. The van der Waals surface area contributed by atoms with Gasteiger partial charge >= 0.3 is 0 Å². The van der Waals surface area contributed by atoms with Crippen molar-refractivity contribution in [1.82, 2.24) is 0 Å². The number of benzene rings is 2. The van der Waals surface area contributed by atoms with Crippen LogP contribution in [0.5, 0.6) is 0 Å². The Morgan fingerprint density at radius 3 is 2.38 bits per heavy atom. The van der Waals surface area contributed by atoms with Gasteiger partial charge in [0.05, 0.1) is 5.39 Å². The number of hydrogen-bond donors (Lipinski definition) is 0. The summed E-state index contributed by atoms with van der Waals surface area (Å²) in [5.41, 5.74) is 0.680. The summed E-state index contributed by atoms with van der Waals surface area (Å²) in [4.78, 5) is 0. The topological polar surface area (TPSA) is 0 Å². The van der Waals surface area contributed by atoms with Gasteiger partial charge in [-0.15, -0.1) is 0 Å². The Morgan fingerprint density at radius 1 is 0.917 bits per heavy atom. The fourth-order valence-corrected chi connectivity index (χ4v) is 3.34. The number of rotatable bonds is 8. The van der Waals surface area contributed by atoms with Crippen molar-refractivity contribution in [3.63, 3.8) is 0 Å². The maximum absolute atomic E-state index is 14.3. The molecule has 24 heavy (non-hydrogen) atoms. The molecule has 0 saturated carbocycles. The van der Waals surface area contributed by atoms with Crippen molar-refractivity contribution in [3.05, 3.63) is 46.8 Å². The van der Waals surface area contributed by atoms with Gasteiger partial charge in [-0.05, 0) is 48.3 Å². The van der Waals surface area contributed by atoms with E-state index in [1.165, 1.54) is 19.3 Å². The number of hydrogen-bond acceptors (Lipinski definition) is 0. The summed E-state index contributed by atoms with van der Waals surface area (Å²) >= 11 is 0. The Bertz CT molecular complexity index is 691. The smallest absolute Gasteiger partial charge is 0.169 e. The van der Waals surface area contributed by atoms with Gasteiger partial charge in [-0.1, -0.05) is 58.1 Å². The zero-order valence-corrected chi connectivity index (χ0v) is 14.9. The van der Waals surface area contributed by atoms with Gasteiger partial charge in [0, 0.05) is 0 Å². The summed E-state index contributed by atoms with van der Waals surface area (Å²) in [7, 11) is 0. The average molecular weight is 336 g/mol. The van der Waals surface area contributed by atoms with Gasteiger partial charge in [0.2, 0.25) is 0 Å². The Morgan fingerprint density at radius 2 is 1.67 bits per heavy atom.